The van der Waals surface area contributed by atoms with Crippen LogP contribution in [0.1, 0.15) is 16.1 Å². The van der Waals surface area contributed by atoms with E-state index in [1.807, 2.05) is 0 Å². The number of amides is 1. The fourth-order valence-electron chi connectivity index (χ4n) is 2.33. The van der Waals surface area contributed by atoms with E-state index in [9.17, 15) is 22.4 Å². The van der Waals surface area contributed by atoms with Crippen LogP contribution in [0, 0.1) is 5.95 Å². The van der Waals surface area contributed by atoms with Crippen molar-refractivity contribution in [1.82, 2.24) is 14.8 Å². The Balaban J connectivity index is 1.87. The summed E-state index contributed by atoms with van der Waals surface area (Å²) in [7, 11) is 1.27. The van der Waals surface area contributed by atoms with Crippen LogP contribution >= 0.6 is 0 Å². The Bertz CT molecular complexity index is 951. The molecule has 9 heteroatoms. The Morgan fingerprint density at radius 2 is 1.81 bits per heavy atom. The van der Waals surface area contributed by atoms with Gasteiger partial charge in [-0.05, 0) is 30.3 Å². The second-order valence-corrected chi connectivity index (χ2v) is 5.39. The summed E-state index contributed by atoms with van der Waals surface area (Å²) in [5.41, 5.74) is -1.01. The van der Waals surface area contributed by atoms with E-state index in [0.717, 1.165) is 10.7 Å². The van der Waals surface area contributed by atoms with E-state index in [2.05, 4.69) is 15.4 Å². The number of carbonyl (C=O) groups excluding carboxylic acids is 1. The van der Waals surface area contributed by atoms with Crippen LogP contribution in [0.2, 0.25) is 0 Å². The minimum absolute atomic E-state index is 0.0571. The van der Waals surface area contributed by atoms with Gasteiger partial charge in [0.05, 0.1) is 11.3 Å². The van der Waals surface area contributed by atoms with Crippen molar-refractivity contribution in [2.75, 3.05) is 5.32 Å². The van der Waals surface area contributed by atoms with Crippen molar-refractivity contribution in [3.05, 3.63) is 65.7 Å². The van der Waals surface area contributed by atoms with Crippen LogP contribution in [-0.4, -0.2) is 20.7 Å². The second-order valence-electron chi connectivity index (χ2n) is 5.39. The summed E-state index contributed by atoms with van der Waals surface area (Å²) in [6.45, 7) is 0. The average Bonchev–Trinajstić information content (AvgIpc) is 2.98. The number of pyridine rings is 1. The fraction of sp³-hybridized carbons (Fsp3) is 0.118. The summed E-state index contributed by atoms with van der Waals surface area (Å²) in [6, 6.07) is 11.5. The van der Waals surface area contributed by atoms with E-state index in [1.54, 1.807) is 30.3 Å². The molecule has 0 spiro atoms. The first kappa shape index (κ1) is 17.6. The Hall–Kier alpha value is -3.23. The Labute approximate surface area is 145 Å². The predicted molar refractivity (Wildman–Crippen MR) is 85.8 cm³/mol. The SMILES string of the molecule is Cn1nc(C(F)(F)F)cc1-c1ccc(NC(=O)c2ccccc2)nc1F. The van der Waals surface area contributed by atoms with Gasteiger partial charge in [-0.3, -0.25) is 9.48 Å². The molecule has 134 valence electrons. The molecular formula is C17H12F4N4O. The van der Waals surface area contributed by atoms with Gasteiger partial charge in [0.15, 0.2) is 5.69 Å². The molecule has 0 aliphatic carbocycles. The maximum Gasteiger partial charge on any atom is 0.435 e. The molecule has 0 bridgehead atoms. The van der Waals surface area contributed by atoms with Gasteiger partial charge in [0.1, 0.15) is 5.82 Å². The molecule has 2 aromatic heterocycles. The van der Waals surface area contributed by atoms with Gasteiger partial charge in [-0.1, -0.05) is 18.2 Å². The zero-order chi connectivity index (χ0) is 18.9. The Morgan fingerprint density at radius 3 is 2.38 bits per heavy atom. The number of anilines is 1. The van der Waals surface area contributed by atoms with Crippen LogP contribution < -0.4 is 5.32 Å². The highest BCUT2D eigenvalue weighted by Crippen LogP contribution is 2.32. The molecule has 0 saturated heterocycles. The number of alkyl halides is 3. The maximum atomic E-state index is 14.3. The molecule has 0 aliphatic heterocycles. The Kier molecular flexibility index (Phi) is 4.45. The largest absolute Gasteiger partial charge is 0.435 e. The first-order valence-corrected chi connectivity index (χ1v) is 7.40. The molecule has 0 unspecified atom stereocenters. The van der Waals surface area contributed by atoms with Gasteiger partial charge in [0, 0.05) is 12.6 Å². The smallest absolute Gasteiger partial charge is 0.306 e. The number of hydrogen-bond donors (Lipinski definition) is 1. The number of hydrogen-bond acceptors (Lipinski definition) is 3. The number of aryl methyl sites for hydroxylation is 1. The quantitative estimate of drug-likeness (QED) is 0.567. The summed E-state index contributed by atoms with van der Waals surface area (Å²) in [5, 5.41) is 5.77. The van der Waals surface area contributed by atoms with Crippen molar-refractivity contribution in [3.8, 4) is 11.3 Å². The van der Waals surface area contributed by atoms with E-state index in [-0.39, 0.29) is 17.1 Å². The number of rotatable bonds is 3. The van der Waals surface area contributed by atoms with Gasteiger partial charge in [-0.2, -0.15) is 22.7 Å². The molecule has 1 N–H and O–H groups in total. The first-order chi connectivity index (χ1) is 12.3. The zero-order valence-corrected chi connectivity index (χ0v) is 13.4. The van der Waals surface area contributed by atoms with Gasteiger partial charge in [-0.15, -0.1) is 0 Å². The van der Waals surface area contributed by atoms with E-state index < -0.39 is 23.7 Å². The zero-order valence-electron chi connectivity index (χ0n) is 13.4. The van der Waals surface area contributed by atoms with Crippen LogP contribution in [0.25, 0.3) is 11.3 Å². The number of halogens is 4. The van der Waals surface area contributed by atoms with Gasteiger partial charge in [0.2, 0.25) is 5.95 Å². The van der Waals surface area contributed by atoms with Crippen LogP contribution in [0.15, 0.2) is 48.5 Å². The standard InChI is InChI=1S/C17H12F4N4O/c1-25-12(9-13(24-25)17(19,20)21)11-7-8-14(22-15(11)18)23-16(26)10-5-3-2-4-6-10/h2-9H,1H3,(H,22,23,26). The molecule has 2 heterocycles. The molecule has 1 amide bonds. The minimum atomic E-state index is -4.64. The summed E-state index contributed by atoms with van der Waals surface area (Å²) < 4.78 is 53.4. The van der Waals surface area contributed by atoms with Crippen molar-refractivity contribution in [1.29, 1.82) is 0 Å². The molecule has 1 aromatic carbocycles. The monoisotopic (exact) mass is 364 g/mol. The lowest BCUT2D eigenvalue weighted by Crippen LogP contribution is -2.13. The van der Waals surface area contributed by atoms with Gasteiger partial charge < -0.3 is 5.32 Å². The lowest BCUT2D eigenvalue weighted by molar-refractivity contribution is -0.141. The molecule has 3 aromatic rings. The van der Waals surface area contributed by atoms with Gasteiger partial charge in [0.25, 0.3) is 5.91 Å². The third-order valence-corrected chi connectivity index (χ3v) is 3.57. The van der Waals surface area contributed by atoms with Crippen molar-refractivity contribution in [2.45, 2.75) is 6.18 Å². The highest BCUT2D eigenvalue weighted by molar-refractivity contribution is 6.03. The summed E-state index contributed by atoms with van der Waals surface area (Å²) in [6.07, 6.45) is -4.64. The third kappa shape index (κ3) is 3.56. The van der Waals surface area contributed by atoms with Crippen molar-refractivity contribution >= 4 is 11.7 Å². The molecule has 3 rings (SSSR count). The Morgan fingerprint density at radius 1 is 1.12 bits per heavy atom. The predicted octanol–water partition coefficient (Wildman–Crippen LogP) is 3.89. The van der Waals surface area contributed by atoms with E-state index in [0.29, 0.717) is 5.56 Å². The lowest BCUT2D eigenvalue weighted by atomic mass is 10.2. The highest BCUT2D eigenvalue weighted by atomic mass is 19.4. The molecule has 0 fully saturated rings. The normalized spacial score (nSPS) is 11.4. The van der Waals surface area contributed by atoms with Gasteiger partial charge >= 0.3 is 6.18 Å². The van der Waals surface area contributed by atoms with Gasteiger partial charge in [-0.25, -0.2) is 4.98 Å². The number of benzene rings is 1. The molecule has 0 saturated carbocycles. The minimum Gasteiger partial charge on any atom is -0.306 e. The maximum absolute atomic E-state index is 14.3. The molecular weight excluding hydrogens is 352 g/mol. The van der Waals surface area contributed by atoms with E-state index in [1.165, 1.54) is 19.2 Å². The average molecular weight is 364 g/mol. The molecule has 26 heavy (non-hydrogen) atoms. The van der Waals surface area contributed by atoms with E-state index in [4.69, 9.17) is 0 Å². The first-order valence-electron chi connectivity index (χ1n) is 7.40. The van der Waals surface area contributed by atoms with Crippen molar-refractivity contribution in [2.24, 2.45) is 7.05 Å². The van der Waals surface area contributed by atoms with Crippen LogP contribution in [0.5, 0.6) is 0 Å². The molecule has 0 aliphatic rings. The molecule has 0 atom stereocenters. The van der Waals surface area contributed by atoms with Crippen molar-refractivity contribution in [3.63, 3.8) is 0 Å². The van der Waals surface area contributed by atoms with Crippen LogP contribution in [0.3, 0.4) is 0 Å². The van der Waals surface area contributed by atoms with Crippen molar-refractivity contribution < 1.29 is 22.4 Å². The summed E-state index contributed by atoms with van der Waals surface area (Å²) in [4.78, 5) is 15.6. The number of nitrogens with zero attached hydrogens (tertiary/aromatic N) is 3. The number of aromatic nitrogens is 3. The third-order valence-electron chi connectivity index (χ3n) is 3.57. The number of carbonyl (C=O) groups is 1. The highest BCUT2D eigenvalue weighted by Gasteiger charge is 2.35. The molecule has 5 nitrogen and oxygen atoms in total. The second kappa shape index (κ2) is 6.58. The fourth-order valence-corrected chi connectivity index (χ4v) is 2.33. The van der Waals surface area contributed by atoms with Crippen LogP contribution in [-0.2, 0) is 13.2 Å². The number of nitrogens with one attached hydrogen (secondary N) is 1. The topological polar surface area (TPSA) is 59.8 Å². The van der Waals surface area contributed by atoms with Crippen LogP contribution in [0.4, 0.5) is 23.4 Å². The summed E-state index contributed by atoms with van der Waals surface area (Å²) in [5.74, 6) is -1.56. The lowest BCUT2D eigenvalue weighted by Gasteiger charge is -2.07. The van der Waals surface area contributed by atoms with E-state index >= 15 is 0 Å². The molecule has 0 radical (unpaired) electrons. The summed E-state index contributed by atoms with van der Waals surface area (Å²) >= 11 is 0.